The van der Waals surface area contributed by atoms with E-state index < -0.39 is 0 Å². The normalized spacial score (nSPS) is 11.3. The summed E-state index contributed by atoms with van der Waals surface area (Å²) < 4.78 is 2.38. The Morgan fingerprint density at radius 1 is 0.286 bits per heavy atom. The first-order valence-corrected chi connectivity index (χ1v) is 16.5. The molecule has 0 saturated carbocycles. The molecule has 9 rings (SSSR count). The van der Waals surface area contributed by atoms with Crippen molar-refractivity contribution in [3.63, 3.8) is 0 Å². The van der Waals surface area contributed by atoms with Gasteiger partial charge in [-0.25, -0.2) is 15.0 Å². The summed E-state index contributed by atoms with van der Waals surface area (Å²) in [6, 6.07) is 63.6. The molecule has 49 heavy (non-hydrogen) atoms. The molecule has 9 aromatic rings. The lowest BCUT2D eigenvalue weighted by Crippen LogP contribution is -2.01. The summed E-state index contributed by atoms with van der Waals surface area (Å²) in [5.41, 5.74) is 6.00. The highest BCUT2D eigenvalue weighted by molar-refractivity contribution is 6.19. The minimum absolute atomic E-state index is 0.621. The lowest BCUT2D eigenvalue weighted by atomic mass is 10.0. The molecule has 0 aliphatic heterocycles. The van der Waals surface area contributed by atoms with E-state index in [1.54, 1.807) is 0 Å². The van der Waals surface area contributed by atoms with Crippen LogP contribution >= 0.6 is 0 Å². The lowest BCUT2D eigenvalue weighted by Gasteiger charge is -2.15. The number of fused-ring (bicyclic) bond motifs is 7. The van der Waals surface area contributed by atoms with Crippen LogP contribution in [0.15, 0.2) is 182 Å². The van der Waals surface area contributed by atoms with E-state index >= 15 is 0 Å². The number of hydrogen-bond acceptors (Lipinski definition) is 3. The van der Waals surface area contributed by atoms with Gasteiger partial charge < -0.3 is 4.57 Å². The molecule has 0 atom stereocenters. The molecule has 0 amide bonds. The Kier molecular flexibility index (Phi) is 7.10. The van der Waals surface area contributed by atoms with Crippen LogP contribution in [0.1, 0.15) is 0 Å². The lowest BCUT2D eigenvalue weighted by molar-refractivity contribution is 1.07. The summed E-state index contributed by atoms with van der Waals surface area (Å²) in [6.45, 7) is 0. The summed E-state index contributed by atoms with van der Waals surface area (Å²) in [5, 5.41) is 7.13. The van der Waals surface area contributed by atoms with Crippen molar-refractivity contribution in [2.45, 2.75) is 0 Å². The smallest absolute Gasteiger partial charge is 0.164 e. The van der Waals surface area contributed by atoms with Crippen molar-refractivity contribution >= 4 is 43.4 Å². The van der Waals surface area contributed by atoms with Crippen LogP contribution in [-0.4, -0.2) is 19.5 Å². The number of aromatic nitrogens is 4. The zero-order valence-electron chi connectivity index (χ0n) is 26.6. The third kappa shape index (κ3) is 5.16. The second kappa shape index (κ2) is 12.2. The summed E-state index contributed by atoms with van der Waals surface area (Å²) in [4.78, 5) is 15.0. The molecule has 0 aliphatic carbocycles. The fraction of sp³-hybridized carbons (Fsp3) is 0. The van der Waals surface area contributed by atoms with Crippen LogP contribution in [0.3, 0.4) is 0 Å². The molecule has 0 aliphatic rings. The first-order chi connectivity index (χ1) is 24.3. The Morgan fingerprint density at radius 3 is 1.10 bits per heavy atom. The van der Waals surface area contributed by atoms with E-state index in [1.807, 2.05) is 60.7 Å². The van der Waals surface area contributed by atoms with E-state index in [-0.39, 0.29) is 0 Å². The SMILES string of the molecule is c1ccc(-c2nc(-c3ccccc3)nc(-c3cccc(-n4c5ccccc5c5ccccc5c5ccccc5c5ccccc54)c3)n2)cc1. The minimum Gasteiger partial charge on any atom is -0.309 e. The van der Waals surface area contributed by atoms with Crippen LogP contribution < -0.4 is 0 Å². The van der Waals surface area contributed by atoms with E-state index in [4.69, 9.17) is 15.0 Å². The molecule has 2 heterocycles. The Balaban J connectivity index is 1.38. The first-order valence-electron chi connectivity index (χ1n) is 16.5. The number of para-hydroxylation sites is 2. The van der Waals surface area contributed by atoms with Crippen molar-refractivity contribution in [3.8, 4) is 39.9 Å². The molecule has 4 heteroatoms. The zero-order chi connectivity index (χ0) is 32.6. The number of benzene rings is 7. The molecule has 0 unspecified atom stereocenters. The Labute approximate surface area is 284 Å². The van der Waals surface area contributed by atoms with Gasteiger partial charge in [0.05, 0.1) is 11.0 Å². The van der Waals surface area contributed by atoms with Crippen LogP contribution in [0.4, 0.5) is 0 Å². The average molecular weight is 627 g/mol. The molecule has 2 aromatic heterocycles. The van der Waals surface area contributed by atoms with Crippen molar-refractivity contribution < 1.29 is 0 Å². The van der Waals surface area contributed by atoms with Gasteiger partial charge in [-0.05, 0) is 45.8 Å². The molecular formula is C45H30N4. The molecule has 0 spiro atoms. The van der Waals surface area contributed by atoms with E-state index in [1.165, 1.54) is 21.5 Å². The number of rotatable bonds is 4. The van der Waals surface area contributed by atoms with Gasteiger partial charge in [-0.2, -0.15) is 0 Å². The predicted molar refractivity (Wildman–Crippen MR) is 203 cm³/mol. The van der Waals surface area contributed by atoms with Gasteiger partial charge in [-0.3, -0.25) is 0 Å². The topological polar surface area (TPSA) is 43.6 Å². The van der Waals surface area contributed by atoms with E-state index in [0.717, 1.165) is 44.2 Å². The highest BCUT2D eigenvalue weighted by Gasteiger charge is 2.15. The maximum atomic E-state index is 5.04. The quantitative estimate of drug-likeness (QED) is 0.195. The predicted octanol–water partition coefficient (Wildman–Crippen LogP) is 11.4. The van der Waals surface area contributed by atoms with Gasteiger partial charge in [-0.1, -0.05) is 158 Å². The second-order valence-corrected chi connectivity index (χ2v) is 12.0. The third-order valence-electron chi connectivity index (χ3n) is 9.08. The Bertz CT molecular complexity index is 2550. The zero-order valence-corrected chi connectivity index (χ0v) is 26.6. The van der Waals surface area contributed by atoms with Gasteiger partial charge >= 0.3 is 0 Å². The van der Waals surface area contributed by atoms with Gasteiger partial charge in [0.2, 0.25) is 0 Å². The molecule has 0 saturated heterocycles. The second-order valence-electron chi connectivity index (χ2n) is 12.0. The molecule has 230 valence electrons. The van der Waals surface area contributed by atoms with Crippen molar-refractivity contribution in [2.24, 2.45) is 0 Å². The van der Waals surface area contributed by atoms with Crippen molar-refractivity contribution in [1.82, 2.24) is 19.5 Å². The number of hydrogen-bond donors (Lipinski definition) is 0. The summed E-state index contributed by atoms with van der Waals surface area (Å²) in [6.07, 6.45) is 0. The van der Waals surface area contributed by atoms with E-state index in [9.17, 15) is 0 Å². The molecular weight excluding hydrogens is 597 g/mol. The van der Waals surface area contributed by atoms with Crippen LogP contribution in [0.2, 0.25) is 0 Å². The molecule has 0 bridgehead atoms. The molecule has 0 N–H and O–H groups in total. The van der Waals surface area contributed by atoms with Crippen molar-refractivity contribution in [2.75, 3.05) is 0 Å². The Morgan fingerprint density at radius 2 is 0.633 bits per heavy atom. The van der Waals surface area contributed by atoms with Gasteiger partial charge in [-0.15, -0.1) is 0 Å². The van der Waals surface area contributed by atoms with E-state index in [2.05, 4.69) is 126 Å². The summed E-state index contributed by atoms with van der Waals surface area (Å²) in [5.74, 6) is 1.90. The van der Waals surface area contributed by atoms with E-state index in [0.29, 0.717) is 17.5 Å². The minimum atomic E-state index is 0.621. The monoisotopic (exact) mass is 626 g/mol. The highest BCUT2D eigenvalue weighted by atomic mass is 15.0. The van der Waals surface area contributed by atoms with Crippen molar-refractivity contribution in [3.05, 3.63) is 182 Å². The number of nitrogens with zero attached hydrogens (tertiary/aromatic N) is 4. The van der Waals surface area contributed by atoms with Crippen LogP contribution in [0, 0.1) is 0 Å². The fourth-order valence-corrected chi connectivity index (χ4v) is 6.83. The molecule has 7 aromatic carbocycles. The summed E-state index contributed by atoms with van der Waals surface area (Å²) >= 11 is 0. The highest BCUT2D eigenvalue weighted by Crippen LogP contribution is 2.35. The molecule has 0 fully saturated rings. The third-order valence-corrected chi connectivity index (χ3v) is 9.08. The standard InChI is InChI=1S/C45H30N4/c1-3-16-31(17-4-1)43-46-44(32-18-5-2-6-19-32)48-45(47-43)33-20-15-21-34(30-33)49-41-28-13-11-26-39(41)37-24-9-7-22-35(37)36-23-8-10-25-38(36)40-27-12-14-29-42(40)49/h1-30H. The maximum Gasteiger partial charge on any atom is 0.164 e. The Hall–Kier alpha value is -6.65. The van der Waals surface area contributed by atoms with Gasteiger partial charge in [0.15, 0.2) is 17.5 Å². The largest absolute Gasteiger partial charge is 0.309 e. The van der Waals surface area contributed by atoms with Crippen LogP contribution in [0.25, 0.3) is 83.2 Å². The average Bonchev–Trinajstić information content (AvgIpc) is 3.23. The summed E-state index contributed by atoms with van der Waals surface area (Å²) in [7, 11) is 0. The van der Waals surface area contributed by atoms with Gasteiger partial charge in [0.1, 0.15) is 0 Å². The van der Waals surface area contributed by atoms with Crippen LogP contribution in [-0.2, 0) is 0 Å². The first kappa shape index (κ1) is 28.6. The fourth-order valence-electron chi connectivity index (χ4n) is 6.83. The van der Waals surface area contributed by atoms with Gasteiger partial charge in [0.25, 0.3) is 0 Å². The van der Waals surface area contributed by atoms with Crippen molar-refractivity contribution in [1.29, 1.82) is 0 Å². The molecule has 0 radical (unpaired) electrons. The maximum absolute atomic E-state index is 5.04. The van der Waals surface area contributed by atoms with Gasteiger partial charge in [0, 0.05) is 33.2 Å². The van der Waals surface area contributed by atoms with Crippen LogP contribution in [0.5, 0.6) is 0 Å². The molecule has 4 nitrogen and oxygen atoms in total.